The number of hydrogen-bond donors (Lipinski definition) is 4. The van der Waals surface area contributed by atoms with E-state index in [1.807, 2.05) is 12.1 Å². The van der Waals surface area contributed by atoms with E-state index < -0.39 is 24.0 Å². The zero-order valence-electron chi connectivity index (χ0n) is 14.6. The minimum atomic E-state index is -1.11. The highest BCUT2D eigenvalue weighted by molar-refractivity contribution is 5.92. The number of carbonyl (C=O) groups excluding carboxylic acids is 1. The number of amides is 2. The normalized spacial score (nSPS) is 11.8. The minimum Gasteiger partial charge on any atom is -0.481 e. The molecule has 1 atom stereocenters. The Hall–Kier alpha value is -2.57. The summed E-state index contributed by atoms with van der Waals surface area (Å²) in [7, 11) is 0. The summed E-state index contributed by atoms with van der Waals surface area (Å²) in [5, 5.41) is 22.8. The van der Waals surface area contributed by atoms with E-state index in [9.17, 15) is 19.5 Å². The van der Waals surface area contributed by atoms with E-state index in [4.69, 9.17) is 5.11 Å². The molecule has 0 spiro atoms. The van der Waals surface area contributed by atoms with Crippen LogP contribution in [0.2, 0.25) is 0 Å². The van der Waals surface area contributed by atoms with Gasteiger partial charge in [-0.2, -0.15) is 0 Å². The molecule has 7 heteroatoms. The van der Waals surface area contributed by atoms with Crippen molar-refractivity contribution in [1.82, 2.24) is 5.32 Å². The summed E-state index contributed by atoms with van der Waals surface area (Å²) in [4.78, 5) is 33.6. The lowest BCUT2D eigenvalue weighted by Crippen LogP contribution is -2.43. The van der Waals surface area contributed by atoms with E-state index in [1.165, 1.54) is 0 Å². The van der Waals surface area contributed by atoms with Crippen LogP contribution in [0.4, 0.5) is 10.5 Å². The van der Waals surface area contributed by atoms with Crippen LogP contribution < -0.4 is 10.6 Å². The van der Waals surface area contributed by atoms with E-state index in [0.717, 1.165) is 5.56 Å². The molecule has 0 saturated heterocycles. The molecular formula is C18H26N2O5. The highest BCUT2D eigenvalue weighted by Gasteiger charge is 2.19. The van der Waals surface area contributed by atoms with E-state index in [-0.39, 0.29) is 12.8 Å². The monoisotopic (exact) mass is 350 g/mol. The van der Waals surface area contributed by atoms with Crippen LogP contribution in [0.5, 0.6) is 0 Å². The first-order valence-electron chi connectivity index (χ1n) is 8.41. The average molecular weight is 350 g/mol. The Labute approximate surface area is 147 Å². The Bertz CT molecular complexity index is 584. The predicted octanol–water partition coefficient (Wildman–Crippen LogP) is 3.42. The zero-order chi connectivity index (χ0) is 18.8. The van der Waals surface area contributed by atoms with Crippen molar-refractivity contribution in [2.24, 2.45) is 0 Å². The first kappa shape index (κ1) is 20.5. The molecule has 4 N–H and O–H groups in total. The van der Waals surface area contributed by atoms with Crippen molar-refractivity contribution >= 4 is 23.7 Å². The number of urea groups is 1. The van der Waals surface area contributed by atoms with Gasteiger partial charge in [-0.1, -0.05) is 38.8 Å². The van der Waals surface area contributed by atoms with Gasteiger partial charge >= 0.3 is 18.0 Å². The molecule has 7 nitrogen and oxygen atoms in total. The fourth-order valence-corrected chi connectivity index (χ4v) is 2.34. The number of carboxylic acids is 2. The summed E-state index contributed by atoms with van der Waals surface area (Å²) in [5.74, 6) is -1.58. The summed E-state index contributed by atoms with van der Waals surface area (Å²) in [6.07, 6.45) is 1.96. The maximum absolute atomic E-state index is 12.0. The Morgan fingerprint density at radius 2 is 1.64 bits per heavy atom. The van der Waals surface area contributed by atoms with Crippen molar-refractivity contribution in [2.45, 2.75) is 57.9 Å². The quantitative estimate of drug-likeness (QED) is 0.483. The topological polar surface area (TPSA) is 116 Å². The second-order valence-electron chi connectivity index (χ2n) is 6.26. The van der Waals surface area contributed by atoms with Gasteiger partial charge in [-0.05, 0) is 36.5 Å². The van der Waals surface area contributed by atoms with E-state index in [1.54, 1.807) is 12.1 Å². The van der Waals surface area contributed by atoms with Crippen LogP contribution in [0.3, 0.4) is 0 Å². The summed E-state index contributed by atoms with van der Waals surface area (Å²) in [5.41, 5.74) is 1.74. The molecule has 25 heavy (non-hydrogen) atoms. The summed E-state index contributed by atoms with van der Waals surface area (Å²) in [6.45, 7) is 4.14. The van der Waals surface area contributed by atoms with Crippen LogP contribution >= 0.6 is 0 Å². The molecule has 1 unspecified atom stereocenters. The number of unbranched alkanes of at least 4 members (excludes halogenated alkanes) is 2. The Morgan fingerprint density at radius 3 is 2.16 bits per heavy atom. The van der Waals surface area contributed by atoms with Crippen LogP contribution in [-0.4, -0.2) is 34.2 Å². The van der Waals surface area contributed by atoms with Gasteiger partial charge in [0, 0.05) is 12.1 Å². The number of aliphatic carboxylic acids is 2. The third-order valence-electron chi connectivity index (χ3n) is 3.82. The van der Waals surface area contributed by atoms with Crippen LogP contribution in [0, 0.1) is 0 Å². The lowest BCUT2D eigenvalue weighted by Gasteiger charge is -2.15. The average Bonchev–Trinajstić information content (AvgIpc) is 2.53. The van der Waals surface area contributed by atoms with Crippen molar-refractivity contribution < 1.29 is 24.6 Å². The van der Waals surface area contributed by atoms with E-state index in [2.05, 4.69) is 24.5 Å². The van der Waals surface area contributed by atoms with Gasteiger partial charge in [-0.15, -0.1) is 0 Å². The maximum atomic E-state index is 12.0. The largest absolute Gasteiger partial charge is 0.481 e. The molecule has 0 aliphatic carbocycles. The molecule has 0 heterocycles. The predicted molar refractivity (Wildman–Crippen MR) is 94.8 cm³/mol. The number of carboxylic acid groups (broad SMARTS) is 2. The molecule has 1 aromatic rings. The van der Waals surface area contributed by atoms with Gasteiger partial charge < -0.3 is 20.8 Å². The molecule has 0 bridgehead atoms. The second-order valence-corrected chi connectivity index (χ2v) is 6.26. The number of hydrogen-bond acceptors (Lipinski definition) is 3. The molecule has 0 aromatic heterocycles. The van der Waals surface area contributed by atoms with Crippen molar-refractivity contribution in [3.8, 4) is 0 Å². The van der Waals surface area contributed by atoms with Gasteiger partial charge in [0.25, 0.3) is 0 Å². The third kappa shape index (κ3) is 8.19. The van der Waals surface area contributed by atoms with Gasteiger partial charge in [0.15, 0.2) is 0 Å². The fraction of sp³-hybridized carbons (Fsp3) is 0.500. The minimum absolute atomic E-state index is 0.0675. The summed E-state index contributed by atoms with van der Waals surface area (Å²) in [6, 6.07) is 5.80. The molecule has 0 fully saturated rings. The highest BCUT2D eigenvalue weighted by Crippen LogP contribution is 2.17. The first-order chi connectivity index (χ1) is 11.8. The molecule has 138 valence electrons. The lowest BCUT2D eigenvalue weighted by molar-refractivity contribution is -0.139. The number of nitrogens with one attached hydrogen (secondary N) is 2. The third-order valence-corrected chi connectivity index (χ3v) is 3.82. The lowest BCUT2D eigenvalue weighted by atomic mass is 10.0. The molecular weight excluding hydrogens is 324 g/mol. The van der Waals surface area contributed by atoms with Gasteiger partial charge in [-0.25, -0.2) is 9.59 Å². The van der Waals surface area contributed by atoms with Crippen molar-refractivity contribution in [3.63, 3.8) is 0 Å². The smallest absolute Gasteiger partial charge is 0.326 e. The van der Waals surface area contributed by atoms with Crippen molar-refractivity contribution in [2.75, 3.05) is 5.32 Å². The Morgan fingerprint density at radius 1 is 1.00 bits per heavy atom. The fourth-order valence-electron chi connectivity index (χ4n) is 2.34. The van der Waals surface area contributed by atoms with Crippen LogP contribution in [-0.2, 0) is 9.59 Å². The molecule has 0 saturated carbocycles. The van der Waals surface area contributed by atoms with Crippen LogP contribution in [0.1, 0.15) is 57.4 Å². The number of carbonyl (C=O) groups is 3. The van der Waals surface area contributed by atoms with Gasteiger partial charge in [0.1, 0.15) is 6.04 Å². The molecule has 1 rings (SSSR count). The molecule has 0 radical (unpaired) electrons. The second kappa shape index (κ2) is 10.3. The number of rotatable bonds is 10. The number of anilines is 1. The van der Waals surface area contributed by atoms with Crippen LogP contribution in [0.15, 0.2) is 24.3 Å². The highest BCUT2D eigenvalue weighted by atomic mass is 16.4. The summed E-state index contributed by atoms with van der Waals surface area (Å²) < 4.78 is 0. The van der Waals surface area contributed by atoms with E-state index in [0.29, 0.717) is 30.9 Å². The molecule has 0 aliphatic heterocycles. The Balaban J connectivity index is 2.44. The molecule has 1 aromatic carbocycles. The summed E-state index contributed by atoms with van der Waals surface area (Å²) >= 11 is 0. The maximum Gasteiger partial charge on any atom is 0.326 e. The van der Waals surface area contributed by atoms with Gasteiger partial charge in [0.2, 0.25) is 0 Å². The molecule has 0 aliphatic rings. The van der Waals surface area contributed by atoms with Crippen molar-refractivity contribution in [3.05, 3.63) is 29.8 Å². The zero-order valence-corrected chi connectivity index (χ0v) is 14.6. The molecule has 2 amide bonds. The standard InChI is InChI=1S/C18H26N2O5/c1-12(2)13-8-10-14(11-9-13)19-18(25)20-15(17(23)24)6-4-3-5-7-16(21)22/h8-12,15H,3-7H2,1-2H3,(H,21,22)(H,23,24)(H2,19,20,25). The Kier molecular flexibility index (Phi) is 8.46. The number of benzene rings is 1. The van der Waals surface area contributed by atoms with Gasteiger partial charge in [0.05, 0.1) is 0 Å². The van der Waals surface area contributed by atoms with E-state index >= 15 is 0 Å². The first-order valence-corrected chi connectivity index (χ1v) is 8.41. The van der Waals surface area contributed by atoms with Crippen molar-refractivity contribution in [1.29, 1.82) is 0 Å². The van der Waals surface area contributed by atoms with Gasteiger partial charge in [-0.3, -0.25) is 4.79 Å². The SMILES string of the molecule is CC(C)c1ccc(NC(=O)NC(CCCCCC(=O)O)C(=O)O)cc1. The van der Waals surface area contributed by atoms with Crippen LogP contribution in [0.25, 0.3) is 0 Å².